The van der Waals surface area contributed by atoms with Gasteiger partial charge in [0.1, 0.15) is 5.82 Å². The maximum atomic E-state index is 13.5. The Bertz CT molecular complexity index is 551. The van der Waals surface area contributed by atoms with E-state index in [1.165, 1.54) is 24.7 Å². The molecular weight excluding hydrogens is 309 g/mol. The molecular formula is C18H26FN3S. The largest absolute Gasteiger partial charge is 0.357 e. The third kappa shape index (κ3) is 4.40. The van der Waals surface area contributed by atoms with Gasteiger partial charge in [0.2, 0.25) is 0 Å². The van der Waals surface area contributed by atoms with Crippen LogP contribution in [0.3, 0.4) is 0 Å². The lowest BCUT2D eigenvalue weighted by atomic mass is 9.96. The van der Waals surface area contributed by atoms with Crippen molar-refractivity contribution >= 4 is 17.7 Å². The smallest absolute Gasteiger partial charge is 0.191 e. The Kier molecular flexibility index (Phi) is 5.46. The molecule has 1 aliphatic carbocycles. The van der Waals surface area contributed by atoms with Crippen molar-refractivity contribution in [2.24, 2.45) is 4.99 Å². The predicted molar refractivity (Wildman–Crippen MR) is 96.8 cm³/mol. The molecule has 2 fully saturated rings. The normalized spacial score (nSPS) is 22.9. The monoisotopic (exact) mass is 335 g/mol. The van der Waals surface area contributed by atoms with E-state index in [1.807, 2.05) is 17.8 Å². The topological polar surface area (TPSA) is 36.4 Å². The first-order valence-electron chi connectivity index (χ1n) is 8.62. The lowest BCUT2D eigenvalue weighted by Crippen LogP contribution is -2.40. The third-order valence-electron chi connectivity index (χ3n) is 4.70. The Morgan fingerprint density at radius 2 is 2.26 bits per heavy atom. The highest BCUT2D eigenvalue weighted by molar-refractivity contribution is 8.00. The number of nitrogens with zero attached hydrogens (tertiary/aromatic N) is 1. The van der Waals surface area contributed by atoms with E-state index < -0.39 is 0 Å². The highest BCUT2D eigenvalue weighted by Crippen LogP contribution is 2.48. The van der Waals surface area contributed by atoms with Crippen LogP contribution in [0, 0.1) is 5.82 Å². The van der Waals surface area contributed by atoms with Crippen LogP contribution < -0.4 is 10.6 Å². The molecule has 0 spiro atoms. The van der Waals surface area contributed by atoms with E-state index >= 15 is 0 Å². The molecule has 1 saturated carbocycles. The van der Waals surface area contributed by atoms with Crippen molar-refractivity contribution in [3.8, 4) is 0 Å². The van der Waals surface area contributed by atoms with E-state index in [1.54, 1.807) is 12.1 Å². The molecule has 1 aromatic rings. The lowest BCUT2D eigenvalue weighted by Gasteiger charge is -2.17. The average molecular weight is 335 g/mol. The zero-order valence-corrected chi connectivity index (χ0v) is 14.6. The van der Waals surface area contributed by atoms with Gasteiger partial charge in [-0.25, -0.2) is 4.39 Å². The van der Waals surface area contributed by atoms with Crippen molar-refractivity contribution in [3.63, 3.8) is 0 Å². The van der Waals surface area contributed by atoms with Crippen LogP contribution in [-0.4, -0.2) is 36.6 Å². The van der Waals surface area contributed by atoms with Crippen LogP contribution in [0.15, 0.2) is 29.3 Å². The zero-order chi connectivity index (χ0) is 16.1. The van der Waals surface area contributed by atoms with Crippen molar-refractivity contribution in [2.45, 2.75) is 43.3 Å². The Balaban J connectivity index is 1.60. The van der Waals surface area contributed by atoms with Crippen molar-refractivity contribution in [1.82, 2.24) is 10.6 Å². The summed E-state index contributed by atoms with van der Waals surface area (Å²) in [6.45, 7) is 4.64. The molecule has 1 aromatic carbocycles. The van der Waals surface area contributed by atoms with Crippen molar-refractivity contribution in [1.29, 1.82) is 0 Å². The fourth-order valence-corrected chi connectivity index (χ4v) is 4.30. The second-order valence-corrected chi connectivity index (χ2v) is 7.91. The first-order chi connectivity index (χ1) is 11.2. The van der Waals surface area contributed by atoms with Gasteiger partial charge in [-0.3, -0.25) is 4.99 Å². The fourth-order valence-electron chi connectivity index (χ4n) is 3.10. The van der Waals surface area contributed by atoms with Crippen LogP contribution >= 0.6 is 11.8 Å². The van der Waals surface area contributed by atoms with Gasteiger partial charge in [-0.15, -0.1) is 0 Å². The first kappa shape index (κ1) is 16.6. The molecule has 1 aliphatic heterocycles. The summed E-state index contributed by atoms with van der Waals surface area (Å²) in [5, 5.41) is 7.50. The number of thioether (sulfide) groups is 1. The maximum absolute atomic E-state index is 13.5. The number of rotatable bonds is 6. The maximum Gasteiger partial charge on any atom is 0.191 e. The Morgan fingerprint density at radius 1 is 1.39 bits per heavy atom. The molecule has 126 valence electrons. The summed E-state index contributed by atoms with van der Waals surface area (Å²) in [6, 6.07) is 7.00. The number of nitrogens with one attached hydrogen (secondary N) is 2. The van der Waals surface area contributed by atoms with Crippen LogP contribution in [0.5, 0.6) is 0 Å². The zero-order valence-electron chi connectivity index (χ0n) is 13.8. The van der Waals surface area contributed by atoms with E-state index in [2.05, 4.69) is 17.6 Å². The third-order valence-corrected chi connectivity index (χ3v) is 6.09. The second kappa shape index (κ2) is 7.56. The summed E-state index contributed by atoms with van der Waals surface area (Å²) in [5.41, 5.74) is 1.13. The van der Waals surface area contributed by atoms with Gasteiger partial charge >= 0.3 is 0 Å². The number of aliphatic imine (C=N–C) groups is 1. The van der Waals surface area contributed by atoms with Crippen LogP contribution in [0.25, 0.3) is 0 Å². The number of benzene rings is 1. The molecule has 3 rings (SSSR count). The average Bonchev–Trinajstić information content (AvgIpc) is 3.17. The van der Waals surface area contributed by atoms with Gasteiger partial charge in [0.05, 0.1) is 6.54 Å². The molecule has 2 aliphatic rings. The summed E-state index contributed by atoms with van der Waals surface area (Å²) in [4.78, 5) is 4.78. The minimum atomic E-state index is -0.152. The second-order valence-electron chi connectivity index (χ2n) is 6.50. The minimum Gasteiger partial charge on any atom is -0.357 e. The van der Waals surface area contributed by atoms with Crippen molar-refractivity contribution in [2.75, 3.05) is 25.4 Å². The van der Waals surface area contributed by atoms with E-state index in [9.17, 15) is 4.39 Å². The van der Waals surface area contributed by atoms with Crippen LogP contribution in [-0.2, 0) is 5.41 Å². The van der Waals surface area contributed by atoms with Gasteiger partial charge in [-0.1, -0.05) is 12.1 Å². The molecule has 1 saturated heterocycles. The van der Waals surface area contributed by atoms with Crippen LogP contribution in [0.2, 0.25) is 0 Å². The molecule has 23 heavy (non-hydrogen) atoms. The molecule has 5 heteroatoms. The summed E-state index contributed by atoms with van der Waals surface area (Å²) in [6.07, 6.45) is 4.81. The summed E-state index contributed by atoms with van der Waals surface area (Å²) < 4.78 is 13.5. The van der Waals surface area contributed by atoms with Crippen molar-refractivity contribution < 1.29 is 4.39 Å². The van der Waals surface area contributed by atoms with Crippen LogP contribution in [0.1, 0.15) is 38.2 Å². The van der Waals surface area contributed by atoms with Gasteiger partial charge in [0.15, 0.2) is 5.96 Å². The van der Waals surface area contributed by atoms with Crippen LogP contribution in [0.4, 0.5) is 4.39 Å². The highest BCUT2D eigenvalue weighted by Gasteiger charge is 2.44. The number of guanidine groups is 1. The molecule has 1 unspecified atom stereocenters. The van der Waals surface area contributed by atoms with Crippen molar-refractivity contribution in [3.05, 3.63) is 35.6 Å². The fraction of sp³-hybridized carbons (Fsp3) is 0.611. The molecule has 0 amide bonds. The Labute approximate surface area is 142 Å². The highest BCUT2D eigenvalue weighted by atomic mass is 32.2. The minimum absolute atomic E-state index is 0.0482. The van der Waals surface area contributed by atoms with Gasteiger partial charge in [-0.2, -0.15) is 11.8 Å². The SMILES string of the molecule is CCNC(=NCC1(c2cccc(F)c2)CC1)NCC1CCCS1. The van der Waals surface area contributed by atoms with E-state index in [0.717, 1.165) is 44.0 Å². The quantitative estimate of drug-likeness (QED) is 0.618. The van der Waals surface area contributed by atoms with Gasteiger partial charge < -0.3 is 10.6 Å². The summed E-state index contributed by atoms with van der Waals surface area (Å²) in [7, 11) is 0. The summed E-state index contributed by atoms with van der Waals surface area (Å²) in [5.74, 6) is 2.02. The van der Waals surface area contributed by atoms with E-state index in [4.69, 9.17) is 4.99 Å². The predicted octanol–water partition coefficient (Wildman–Crippen LogP) is 3.31. The molecule has 0 bridgehead atoms. The number of hydrogen-bond donors (Lipinski definition) is 2. The molecule has 3 nitrogen and oxygen atoms in total. The van der Waals surface area contributed by atoms with Gasteiger partial charge in [0, 0.05) is 23.8 Å². The standard InChI is InChI=1S/C18H26FN3S/c1-2-20-17(21-12-16-7-4-10-23-16)22-13-18(8-9-18)14-5-3-6-15(19)11-14/h3,5-6,11,16H,2,4,7-10,12-13H2,1H3,(H2,20,21,22). The first-order valence-corrected chi connectivity index (χ1v) is 9.66. The Hall–Kier alpha value is -1.23. The number of halogens is 1. The molecule has 1 atom stereocenters. The van der Waals surface area contributed by atoms with E-state index in [0.29, 0.717) is 5.25 Å². The van der Waals surface area contributed by atoms with E-state index in [-0.39, 0.29) is 11.2 Å². The molecule has 0 radical (unpaired) electrons. The molecule has 1 heterocycles. The van der Waals surface area contributed by atoms with Gasteiger partial charge in [0.25, 0.3) is 0 Å². The number of hydrogen-bond acceptors (Lipinski definition) is 2. The van der Waals surface area contributed by atoms with Gasteiger partial charge in [-0.05, 0) is 56.1 Å². The molecule has 2 N–H and O–H groups in total. The molecule has 0 aromatic heterocycles. The lowest BCUT2D eigenvalue weighted by molar-refractivity contribution is 0.615. The Morgan fingerprint density at radius 3 is 2.91 bits per heavy atom. The summed E-state index contributed by atoms with van der Waals surface area (Å²) >= 11 is 2.05.